The molecule has 0 aliphatic rings. The summed E-state index contributed by atoms with van der Waals surface area (Å²) in [6.07, 6.45) is 5.40. The number of hydrogen-bond donors (Lipinski definition) is 3. The third-order valence-electron chi connectivity index (χ3n) is 3.82. The summed E-state index contributed by atoms with van der Waals surface area (Å²) in [5, 5.41) is 22.2. The Hall–Kier alpha value is -1.20. The van der Waals surface area contributed by atoms with Crippen molar-refractivity contribution in [1.29, 1.82) is 0 Å². The first-order valence-corrected chi connectivity index (χ1v) is 8.69. The summed E-state index contributed by atoms with van der Waals surface area (Å²) in [4.78, 5) is 22.6. The molecule has 0 bridgehead atoms. The van der Waals surface area contributed by atoms with E-state index in [2.05, 4.69) is 39.9 Å². The molecule has 0 rings (SSSR count). The van der Waals surface area contributed by atoms with Crippen LogP contribution in [0, 0.1) is 10.8 Å². The van der Waals surface area contributed by atoms with Crippen molar-refractivity contribution < 1.29 is 19.8 Å². The number of carbonyl (C=O) groups is 2. The lowest BCUT2D eigenvalue weighted by molar-refractivity contribution is -0.128. The molecular weight excluding hydrogens is 306 g/mol. The third-order valence-corrected chi connectivity index (χ3v) is 3.82. The highest BCUT2D eigenvalue weighted by Gasteiger charge is 2.28. The fourth-order valence-corrected chi connectivity index (χ4v) is 3.20. The molecule has 0 heterocycles. The normalized spacial score (nSPS) is 17.3. The highest BCUT2D eigenvalue weighted by atomic mass is 16.3. The van der Waals surface area contributed by atoms with Gasteiger partial charge in [0.15, 0.2) is 0 Å². The van der Waals surface area contributed by atoms with E-state index in [1.54, 1.807) is 6.08 Å². The van der Waals surface area contributed by atoms with Crippen LogP contribution in [0.5, 0.6) is 0 Å². The van der Waals surface area contributed by atoms with Crippen molar-refractivity contribution in [2.75, 3.05) is 6.61 Å². The molecule has 0 aromatic rings. The molecule has 0 aromatic carbocycles. The lowest BCUT2D eigenvalue weighted by Crippen LogP contribution is -2.45. The molecule has 24 heavy (non-hydrogen) atoms. The smallest absolute Gasteiger partial charge is 0.227 e. The van der Waals surface area contributed by atoms with Gasteiger partial charge >= 0.3 is 0 Å². The standard InChI is InChI=1S/C19H35NO4/c1-7-9-19(6,13-18(3,4)5)10-8-16(23)15(12-21)20-17(24)11-14(2)22/h8,10,15-16,21,23H,7,9,11-13H2,1-6H3,(H,20,24)/b10-8-. The average molecular weight is 341 g/mol. The minimum atomic E-state index is -0.998. The van der Waals surface area contributed by atoms with Crippen molar-refractivity contribution in [3.63, 3.8) is 0 Å². The van der Waals surface area contributed by atoms with E-state index in [0.717, 1.165) is 19.3 Å². The van der Waals surface area contributed by atoms with Gasteiger partial charge in [-0.1, -0.05) is 53.2 Å². The highest BCUT2D eigenvalue weighted by molar-refractivity contribution is 5.96. The lowest BCUT2D eigenvalue weighted by atomic mass is 9.72. The Morgan fingerprint density at radius 3 is 2.21 bits per heavy atom. The van der Waals surface area contributed by atoms with E-state index in [1.165, 1.54) is 6.92 Å². The summed E-state index contributed by atoms with van der Waals surface area (Å²) in [7, 11) is 0. The van der Waals surface area contributed by atoms with Gasteiger partial charge in [0.2, 0.25) is 5.91 Å². The van der Waals surface area contributed by atoms with Crippen molar-refractivity contribution in [2.24, 2.45) is 10.8 Å². The summed E-state index contributed by atoms with van der Waals surface area (Å²) in [5.74, 6) is -0.741. The van der Waals surface area contributed by atoms with Crippen LogP contribution in [0.2, 0.25) is 0 Å². The van der Waals surface area contributed by atoms with E-state index in [4.69, 9.17) is 0 Å². The number of carbonyl (C=O) groups excluding carboxylic acids is 2. The molecule has 3 atom stereocenters. The zero-order chi connectivity index (χ0) is 19.0. The molecule has 0 saturated carbocycles. The molecule has 1 amide bonds. The Morgan fingerprint density at radius 2 is 1.79 bits per heavy atom. The molecule has 3 N–H and O–H groups in total. The van der Waals surface area contributed by atoms with Gasteiger partial charge in [0.1, 0.15) is 5.78 Å². The topological polar surface area (TPSA) is 86.6 Å². The van der Waals surface area contributed by atoms with Gasteiger partial charge in [-0.3, -0.25) is 9.59 Å². The second kappa shape index (κ2) is 9.94. The van der Waals surface area contributed by atoms with Gasteiger partial charge < -0.3 is 15.5 Å². The number of ketones is 1. The molecule has 0 spiro atoms. The molecule has 0 radical (unpaired) electrons. The van der Waals surface area contributed by atoms with Crippen LogP contribution in [-0.4, -0.2) is 40.7 Å². The van der Waals surface area contributed by atoms with Gasteiger partial charge in [0, 0.05) is 0 Å². The molecule has 0 saturated heterocycles. The number of aliphatic hydroxyl groups is 2. The number of Topliss-reactive ketones (excluding diaryl/α,β-unsaturated/α-hetero) is 1. The van der Waals surface area contributed by atoms with Gasteiger partial charge in [-0.15, -0.1) is 0 Å². The number of allylic oxidation sites excluding steroid dienone is 1. The van der Waals surface area contributed by atoms with Crippen molar-refractivity contribution in [3.8, 4) is 0 Å². The van der Waals surface area contributed by atoms with E-state index < -0.39 is 18.1 Å². The van der Waals surface area contributed by atoms with Crippen LogP contribution in [0.3, 0.4) is 0 Å². The predicted octanol–water partition coefficient (Wildman–Crippen LogP) is 2.60. The Labute approximate surface area is 146 Å². The minimum absolute atomic E-state index is 0.0582. The zero-order valence-electron chi connectivity index (χ0n) is 16.1. The quantitative estimate of drug-likeness (QED) is 0.421. The Kier molecular flexibility index (Phi) is 9.45. The fourth-order valence-electron chi connectivity index (χ4n) is 3.20. The first-order valence-electron chi connectivity index (χ1n) is 8.69. The van der Waals surface area contributed by atoms with E-state index >= 15 is 0 Å². The Balaban J connectivity index is 4.97. The molecule has 5 heteroatoms. The number of amides is 1. The predicted molar refractivity (Wildman–Crippen MR) is 96.5 cm³/mol. The summed E-state index contributed by atoms with van der Waals surface area (Å²) >= 11 is 0. The van der Waals surface area contributed by atoms with Crippen molar-refractivity contribution in [3.05, 3.63) is 12.2 Å². The molecule has 0 aliphatic carbocycles. The van der Waals surface area contributed by atoms with Gasteiger partial charge in [0.05, 0.1) is 25.2 Å². The van der Waals surface area contributed by atoms with Crippen molar-refractivity contribution >= 4 is 11.7 Å². The Bertz CT molecular complexity index is 439. The monoisotopic (exact) mass is 341 g/mol. The highest BCUT2D eigenvalue weighted by Crippen LogP contribution is 2.38. The second-order valence-electron chi connectivity index (χ2n) is 8.23. The van der Waals surface area contributed by atoms with Gasteiger partial charge in [-0.2, -0.15) is 0 Å². The first-order chi connectivity index (χ1) is 10.9. The van der Waals surface area contributed by atoms with Crippen LogP contribution in [-0.2, 0) is 9.59 Å². The second-order valence-corrected chi connectivity index (χ2v) is 8.23. The number of rotatable bonds is 10. The van der Waals surface area contributed by atoms with Gasteiger partial charge in [-0.05, 0) is 30.6 Å². The molecule has 3 unspecified atom stereocenters. The Morgan fingerprint density at radius 1 is 1.21 bits per heavy atom. The maximum atomic E-state index is 11.6. The summed E-state index contributed by atoms with van der Waals surface area (Å²) in [6, 6.07) is -0.811. The third kappa shape index (κ3) is 9.83. The van der Waals surface area contributed by atoms with Crippen LogP contribution in [0.25, 0.3) is 0 Å². The SMILES string of the molecule is CCCC(C)(/C=C\C(O)C(CO)NC(=O)CC(C)=O)CC(C)(C)C. The van der Waals surface area contributed by atoms with E-state index in [1.807, 2.05) is 6.08 Å². The summed E-state index contributed by atoms with van der Waals surface area (Å²) < 4.78 is 0. The molecular formula is C19H35NO4. The van der Waals surface area contributed by atoms with Gasteiger partial charge in [0.25, 0.3) is 0 Å². The number of hydrogen-bond acceptors (Lipinski definition) is 4. The van der Waals surface area contributed by atoms with E-state index in [-0.39, 0.29) is 29.6 Å². The average Bonchev–Trinajstić information content (AvgIpc) is 2.39. The molecule has 0 aromatic heterocycles. The maximum Gasteiger partial charge on any atom is 0.227 e. The zero-order valence-corrected chi connectivity index (χ0v) is 16.1. The van der Waals surface area contributed by atoms with Crippen LogP contribution >= 0.6 is 0 Å². The molecule has 0 fully saturated rings. The van der Waals surface area contributed by atoms with E-state index in [9.17, 15) is 19.8 Å². The van der Waals surface area contributed by atoms with Crippen LogP contribution in [0.15, 0.2) is 12.2 Å². The maximum absolute atomic E-state index is 11.6. The largest absolute Gasteiger partial charge is 0.394 e. The molecule has 5 nitrogen and oxygen atoms in total. The fraction of sp³-hybridized carbons (Fsp3) is 0.789. The van der Waals surface area contributed by atoms with Crippen LogP contribution in [0.1, 0.15) is 67.2 Å². The van der Waals surface area contributed by atoms with E-state index in [0.29, 0.717) is 0 Å². The molecule has 140 valence electrons. The van der Waals surface area contributed by atoms with Crippen LogP contribution < -0.4 is 5.32 Å². The molecule has 0 aliphatic heterocycles. The number of aliphatic hydroxyl groups excluding tert-OH is 2. The first kappa shape index (κ1) is 22.8. The lowest BCUT2D eigenvalue weighted by Gasteiger charge is -2.33. The van der Waals surface area contributed by atoms with Gasteiger partial charge in [-0.25, -0.2) is 0 Å². The van der Waals surface area contributed by atoms with Crippen LogP contribution in [0.4, 0.5) is 0 Å². The summed E-state index contributed by atoms with van der Waals surface area (Å²) in [6.45, 7) is 11.8. The minimum Gasteiger partial charge on any atom is -0.394 e. The van der Waals surface area contributed by atoms with Crippen molar-refractivity contribution in [2.45, 2.75) is 79.4 Å². The van der Waals surface area contributed by atoms with Crippen molar-refractivity contribution in [1.82, 2.24) is 5.32 Å². The summed E-state index contributed by atoms with van der Waals surface area (Å²) in [5.41, 5.74) is 0.0999. The number of nitrogens with one attached hydrogen (secondary N) is 1.